The minimum absolute atomic E-state index is 0.109. The molecular weight excluding hydrogens is 426 g/mol. The third kappa shape index (κ3) is 8.46. The third-order valence-corrected chi connectivity index (χ3v) is 12.0. The molecule has 1 heterocycles. The largest absolute Gasteiger partial charge is 0.348 e. The number of benzene rings is 1. The fourth-order valence-corrected chi connectivity index (χ4v) is 9.86. The van der Waals surface area contributed by atoms with Gasteiger partial charge in [-0.1, -0.05) is 107 Å². The molecule has 0 amide bonds. The minimum Gasteiger partial charge on any atom is -0.183 e. The zero-order valence-electron chi connectivity index (χ0n) is 19.6. The van der Waals surface area contributed by atoms with Gasteiger partial charge in [-0.2, -0.15) is 8.78 Å². The Morgan fingerprint density at radius 2 is 1.52 bits per heavy atom. The van der Waals surface area contributed by atoms with Crippen LogP contribution in [0.5, 0.6) is 0 Å². The van der Waals surface area contributed by atoms with Gasteiger partial charge in [0, 0.05) is 14.4 Å². The van der Waals surface area contributed by atoms with E-state index in [9.17, 15) is 8.78 Å². The summed E-state index contributed by atoms with van der Waals surface area (Å²) in [6.45, 7) is 2.32. The molecule has 1 saturated heterocycles. The lowest BCUT2D eigenvalue weighted by atomic mass is 9.73. The van der Waals surface area contributed by atoms with Crippen LogP contribution in [0.1, 0.15) is 95.1 Å². The van der Waals surface area contributed by atoms with Crippen LogP contribution in [-0.2, 0) is 11.8 Å². The first kappa shape index (κ1) is 25.2. The van der Waals surface area contributed by atoms with Gasteiger partial charge in [0.15, 0.2) is 0 Å². The maximum atomic E-state index is 13.1. The first-order valence-corrected chi connectivity index (χ1v) is 15.9. The van der Waals surface area contributed by atoms with Crippen LogP contribution >= 0.6 is 11.6 Å². The number of halogens is 3. The van der Waals surface area contributed by atoms with E-state index in [1.807, 2.05) is 0 Å². The predicted molar refractivity (Wildman–Crippen MR) is 133 cm³/mol. The van der Waals surface area contributed by atoms with Crippen LogP contribution in [0.3, 0.4) is 0 Å². The molecular formula is C27H43ClF2Si. The highest BCUT2D eigenvalue weighted by Gasteiger charge is 2.31. The lowest BCUT2D eigenvalue weighted by Crippen LogP contribution is -2.28. The first-order chi connectivity index (χ1) is 15.0. The van der Waals surface area contributed by atoms with E-state index in [4.69, 9.17) is 11.6 Å². The molecule has 2 fully saturated rings. The number of alkyl halides is 3. The average molecular weight is 469 g/mol. The number of unbranched alkanes of at least 4 members (excludes halogenated alkanes) is 3. The maximum absolute atomic E-state index is 13.1. The van der Waals surface area contributed by atoms with Gasteiger partial charge in [0.25, 0.3) is 0 Å². The highest BCUT2D eigenvalue weighted by atomic mass is 35.5. The van der Waals surface area contributed by atoms with Crippen molar-refractivity contribution in [2.75, 3.05) is 0 Å². The van der Waals surface area contributed by atoms with Gasteiger partial charge in [0.2, 0.25) is 0 Å². The molecule has 4 heteroatoms. The van der Waals surface area contributed by atoms with Gasteiger partial charge in [-0.3, -0.25) is 0 Å². The molecule has 1 aliphatic carbocycles. The quantitative estimate of drug-likeness (QED) is 0.172. The van der Waals surface area contributed by atoms with Crippen LogP contribution in [0.2, 0.25) is 18.1 Å². The molecule has 176 valence electrons. The summed E-state index contributed by atoms with van der Waals surface area (Å²) in [7, 11) is -0.364. The Bertz CT molecular complexity index is 611. The summed E-state index contributed by atoms with van der Waals surface area (Å²) in [6, 6.07) is 11.4. The molecule has 3 rings (SSSR count). The summed E-state index contributed by atoms with van der Waals surface area (Å²) in [6.07, 6.45) is 18.0. The van der Waals surface area contributed by atoms with Crippen molar-refractivity contribution in [3.05, 3.63) is 35.4 Å². The van der Waals surface area contributed by atoms with E-state index in [1.54, 1.807) is 43.1 Å². The van der Waals surface area contributed by atoms with Crippen LogP contribution in [0.15, 0.2) is 24.3 Å². The molecule has 0 atom stereocenters. The van der Waals surface area contributed by atoms with Gasteiger partial charge < -0.3 is 0 Å². The van der Waals surface area contributed by atoms with E-state index in [0.29, 0.717) is 0 Å². The van der Waals surface area contributed by atoms with E-state index in [0.717, 1.165) is 36.2 Å². The van der Waals surface area contributed by atoms with E-state index in [2.05, 4.69) is 6.92 Å². The number of hydrogen-bond acceptors (Lipinski definition) is 0. The highest BCUT2D eigenvalue weighted by Crippen LogP contribution is 2.42. The molecule has 2 aliphatic rings. The van der Waals surface area contributed by atoms with E-state index in [1.165, 1.54) is 69.9 Å². The van der Waals surface area contributed by atoms with E-state index < -0.39 is 5.38 Å². The summed E-state index contributed by atoms with van der Waals surface area (Å²) in [5.74, 6) is 3.01. The van der Waals surface area contributed by atoms with Gasteiger partial charge >= 0.3 is 5.38 Å². The fraction of sp³-hybridized carbons (Fsp3) is 0.778. The molecule has 0 aromatic heterocycles. The lowest BCUT2D eigenvalue weighted by molar-refractivity contribution is 0.0951. The van der Waals surface area contributed by atoms with Gasteiger partial charge in [0.05, 0.1) is 0 Å². The Morgan fingerprint density at radius 3 is 2.13 bits per heavy atom. The van der Waals surface area contributed by atoms with Gasteiger partial charge in [-0.05, 0) is 60.6 Å². The molecule has 1 aromatic carbocycles. The Balaban J connectivity index is 1.26. The molecule has 0 bridgehead atoms. The summed E-state index contributed by atoms with van der Waals surface area (Å²) in [4.78, 5) is 0. The number of hydrogen-bond donors (Lipinski definition) is 0. The minimum atomic E-state index is -3.26. The second-order valence-electron chi connectivity index (χ2n) is 10.5. The standard InChI is InChI=1S/C27H43ClF2Si/c1-2-3-6-19-31-20-17-25(18-21-31)24-13-9-22(10-14-24)7-4-5-8-23-11-15-26(16-12-23)27(28,29)30/h11-12,15-16,22,24-25,31H,2-10,13-14,17-21H2,1H3/t22-,24-,25-,31-. The summed E-state index contributed by atoms with van der Waals surface area (Å²) < 4.78 is 26.2. The van der Waals surface area contributed by atoms with Crippen molar-refractivity contribution in [3.63, 3.8) is 0 Å². The van der Waals surface area contributed by atoms with Crippen molar-refractivity contribution in [1.82, 2.24) is 0 Å². The summed E-state index contributed by atoms with van der Waals surface area (Å²) in [5.41, 5.74) is 1.03. The number of rotatable bonds is 11. The zero-order chi connectivity index (χ0) is 22.1. The molecule has 1 saturated carbocycles. The number of aryl methyl sites for hydroxylation is 1. The fourth-order valence-electron chi connectivity index (χ4n) is 6.20. The maximum Gasteiger partial charge on any atom is 0.348 e. The third-order valence-electron chi connectivity index (χ3n) is 8.27. The normalized spacial score (nSPS) is 27.4. The molecule has 31 heavy (non-hydrogen) atoms. The second kappa shape index (κ2) is 12.7. The summed E-state index contributed by atoms with van der Waals surface area (Å²) in [5, 5.41) is -3.26. The Hall–Kier alpha value is -0.413. The molecule has 0 unspecified atom stereocenters. The smallest absolute Gasteiger partial charge is 0.183 e. The second-order valence-corrected chi connectivity index (χ2v) is 14.4. The Morgan fingerprint density at radius 1 is 0.871 bits per heavy atom. The topological polar surface area (TPSA) is 0 Å². The molecule has 0 N–H and O–H groups in total. The Kier molecular flexibility index (Phi) is 10.4. The van der Waals surface area contributed by atoms with Gasteiger partial charge in [0.1, 0.15) is 0 Å². The predicted octanol–water partition coefficient (Wildman–Crippen LogP) is 9.32. The molecule has 1 aliphatic heterocycles. The van der Waals surface area contributed by atoms with Crippen LogP contribution in [0.4, 0.5) is 8.78 Å². The van der Waals surface area contributed by atoms with Gasteiger partial charge in [-0.25, -0.2) is 0 Å². The molecule has 0 nitrogen and oxygen atoms in total. The molecule has 0 radical (unpaired) electrons. The van der Waals surface area contributed by atoms with E-state index >= 15 is 0 Å². The van der Waals surface area contributed by atoms with Crippen molar-refractivity contribution >= 4 is 20.4 Å². The van der Waals surface area contributed by atoms with Crippen LogP contribution in [-0.4, -0.2) is 8.80 Å². The van der Waals surface area contributed by atoms with Crippen molar-refractivity contribution in [2.45, 2.75) is 114 Å². The molecule has 1 aromatic rings. The lowest BCUT2D eigenvalue weighted by Gasteiger charge is -2.37. The summed E-state index contributed by atoms with van der Waals surface area (Å²) >= 11 is 5.08. The van der Waals surface area contributed by atoms with Crippen LogP contribution in [0.25, 0.3) is 0 Å². The first-order valence-electron chi connectivity index (χ1n) is 13.1. The van der Waals surface area contributed by atoms with Crippen LogP contribution < -0.4 is 0 Å². The Labute approximate surface area is 196 Å². The highest BCUT2D eigenvalue weighted by molar-refractivity contribution is 6.58. The van der Waals surface area contributed by atoms with E-state index in [-0.39, 0.29) is 14.4 Å². The SMILES string of the molecule is CCCCC[Si@H]1CC[C@H]([C@H]2CC[C@H](CCCCc3ccc(C(F)(F)Cl)cc3)CC2)CC1. The average Bonchev–Trinajstić information content (AvgIpc) is 2.78. The van der Waals surface area contributed by atoms with Gasteiger partial charge in [-0.15, -0.1) is 0 Å². The van der Waals surface area contributed by atoms with Crippen molar-refractivity contribution in [1.29, 1.82) is 0 Å². The monoisotopic (exact) mass is 468 g/mol. The van der Waals surface area contributed by atoms with Crippen molar-refractivity contribution in [2.24, 2.45) is 17.8 Å². The van der Waals surface area contributed by atoms with Crippen molar-refractivity contribution in [3.8, 4) is 0 Å². The van der Waals surface area contributed by atoms with Crippen LogP contribution in [0, 0.1) is 17.8 Å². The molecule has 0 spiro atoms. The zero-order valence-corrected chi connectivity index (χ0v) is 21.5. The van der Waals surface area contributed by atoms with Crippen molar-refractivity contribution < 1.29 is 8.78 Å².